The Kier molecular flexibility index (Phi) is 3.55. The lowest BCUT2D eigenvalue weighted by Crippen LogP contribution is -1.99. The van der Waals surface area contributed by atoms with Gasteiger partial charge in [0.05, 0.1) is 25.8 Å². The molecule has 0 aromatic heterocycles. The average Bonchev–Trinajstić information content (AvgIpc) is 2.17. The van der Waals surface area contributed by atoms with Crippen LogP contribution in [0.1, 0.15) is 5.56 Å². The number of hydrogen-bond donors (Lipinski definition) is 1. The van der Waals surface area contributed by atoms with Crippen molar-refractivity contribution < 1.29 is 19.0 Å². The van der Waals surface area contributed by atoms with E-state index in [0.29, 0.717) is 0 Å². The molecule has 1 aromatic carbocycles. The summed E-state index contributed by atoms with van der Waals surface area (Å²) in [6.45, 7) is -0.343. The standard InChI is InChI=1S/C9H10ClFO3/c1-13-8-5(4-12)3-6(10)9(14-2)7(8)11/h3,12H,4H2,1-2H3. The van der Waals surface area contributed by atoms with Crippen molar-refractivity contribution in [3.63, 3.8) is 0 Å². The van der Waals surface area contributed by atoms with E-state index in [2.05, 4.69) is 0 Å². The van der Waals surface area contributed by atoms with Gasteiger partial charge in [-0.1, -0.05) is 11.6 Å². The lowest BCUT2D eigenvalue weighted by molar-refractivity contribution is 0.269. The predicted molar refractivity (Wildman–Crippen MR) is 50.4 cm³/mol. The second-order valence-electron chi connectivity index (χ2n) is 2.56. The Labute approximate surface area is 86.0 Å². The highest BCUT2D eigenvalue weighted by Gasteiger charge is 2.18. The fourth-order valence-corrected chi connectivity index (χ4v) is 1.45. The largest absolute Gasteiger partial charge is 0.493 e. The van der Waals surface area contributed by atoms with E-state index in [9.17, 15) is 4.39 Å². The van der Waals surface area contributed by atoms with Gasteiger partial charge in [0, 0.05) is 5.56 Å². The van der Waals surface area contributed by atoms with Gasteiger partial charge in [-0.05, 0) is 6.07 Å². The van der Waals surface area contributed by atoms with Crippen LogP contribution in [0.15, 0.2) is 6.07 Å². The molecule has 0 bridgehead atoms. The Balaban J connectivity index is 3.39. The molecule has 0 aliphatic carbocycles. The highest BCUT2D eigenvalue weighted by molar-refractivity contribution is 6.32. The quantitative estimate of drug-likeness (QED) is 0.847. The summed E-state index contributed by atoms with van der Waals surface area (Å²) in [7, 11) is 2.62. The van der Waals surface area contributed by atoms with Crippen LogP contribution in [-0.2, 0) is 6.61 Å². The van der Waals surface area contributed by atoms with Gasteiger partial charge in [-0.2, -0.15) is 4.39 Å². The van der Waals surface area contributed by atoms with Crippen LogP contribution >= 0.6 is 11.6 Å². The minimum Gasteiger partial charge on any atom is -0.493 e. The summed E-state index contributed by atoms with van der Waals surface area (Å²) in [6, 6.07) is 1.41. The van der Waals surface area contributed by atoms with Crippen LogP contribution in [0.5, 0.6) is 11.5 Å². The normalized spacial score (nSPS) is 10.1. The van der Waals surface area contributed by atoms with Crippen molar-refractivity contribution >= 4 is 11.6 Å². The number of rotatable bonds is 3. The molecule has 0 aliphatic rings. The number of benzene rings is 1. The summed E-state index contributed by atoms with van der Waals surface area (Å²) in [5.41, 5.74) is 0.288. The molecule has 0 spiro atoms. The zero-order valence-electron chi connectivity index (χ0n) is 7.80. The monoisotopic (exact) mass is 220 g/mol. The first-order chi connectivity index (χ1) is 6.65. The molecule has 1 aromatic rings. The van der Waals surface area contributed by atoms with Gasteiger partial charge in [0.1, 0.15) is 0 Å². The number of ether oxygens (including phenoxy) is 2. The fraction of sp³-hybridized carbons (Fsp3) is 0.333. The topological polar surface area (TPSA) is 38.7 Å². The molecule has 0 radical (unpaired) electrons. The SMILES string of the molecule is COc1c(Cl)cc(CO)c(OC)c1F. The zero-order chi connectivity index (χ0) is 10.7. The maximum absolute atomic E-state index is 13.5. The summed E-state index contributed by atoms with van der Waals surface area (Å²) in [5, 5.41) is 9.02. The van der Waals surface area contributed by atoms with E-state index in [1.165, 1.54) is 20.3 Å². The molecule has 5 heteroatoms. The summed E-state index contributed by atoms with van der Waals surface area (Å²) >= 11 is 5.71. The number of aliphatic hydroxyl groups is 1. The first-order valence-electron chi connectivity index (χ1n) is 3.85. The molecule has 14 heavy (non-hydrogen) atoms. The van der Waals surface area contributed by atoms with Gasteiger partial charge in [0.25, 0.3) is 0 Å². The number of methoxy groups -OCH3 is 2. The molecule has 3 nitrogen and oxygen atoms in total. The fourth-order valence-electron chi connectivity index (χ4n) is 1.16. The molecule has 0 aliphatic heterocycles. The third kappa shape index (κ3) is 1.76. The molecular weight excluding hydrogens is 211 g/mol. The van der Waals surface area contributed by atoms with Gasteiger partial charge in [-0.25, -0.2) is 0 Å². The Morgan fingerprint density at radius 2 is 1.93 bits per heavy atom. The minimum absolute atomic E-state index is 0.0475. The molecule has 1 rings (SSSR count). The number of hydrogen-bond acceptors (Lipinski definition) is 3. The second kappa shape index (κ2) is 4.48. The van der Waals surface area contributed by atoms with E-state index in [-0.39, 0.29) is 28.7 Å². The number of aliphatic hydroxyl groups excluding tert-OH is 1. The Morgan fingerprint density at radius 3 is 2.36 bits per heavy atom. The maximum atomic E-state index is 13.5. The van der Waals surface area contributed by atoms with Crippen molar-refractivity contribution in [3.05, 3.63) is 22.5 Å². The zero-order valence-corrected chi connectivity index (χ0v) is 8.56. The van der Waals surface area contributed by atoms with Gasteiger partial charge in [-0.15, -0.1) is 0 Å². The molecular formula is C9H10ClFO3. The van der Waals surface area contributed by atoms with Gasteiger partial charge in [-0.3, -0.25) is 0 Å². The van der Waals surface area contributed by atoms with Gasteiger partial charge in [0.2, 0.25) is 5.82 Å². The third-order valence-corrected chi connectivity index (χ3v) is 2.07. The van der Waals surface area contributed by atoms with Crippen molar-refractivity contribution in [2.75, 3.05) is 14.2 Å². The van der Waals surface area contributed by atoms with Crippen LogP contribution in [0.3, 0.4) is 0 Å². The molecule has 0 amide bonds. The third-order valence-electron chi connectivity index (χ3n) is 1.79. The van der Waals surface area contributed by atoms with E-state index in [0.717, 1.165) is 0 Å². The first kappa shape index (κ1) is 11.1. The van der Waals surface area contributed by atoms with Crippen molar-refractivity contribution in [1.29, 1.82) is 0 Å². The van der Waals surface area contributed by atoms with Crippen LogP contribution in [0.2, 0.25) is 5.02 Å². The molecule has 0 heterocycles. The molecule has 0 fully saturated rings. The lowest BCUT2D eigenvalue weighted by Gasteiger charge is -2.11. The van der Waals surface area contributed by atoms with Crippen molar-refractivity contribution in [1.82, 2.24) is 0 Å². The van der Waals surface area contributed by atoms with Crippen molar-refractivity contribution in [2.45, 2.75) is 6.61 Å². The van der Waals surface area contributed by atoms with Crippen LogP contribution < -0.4 is 9.47 Å². The summed E-state index contributed by atoms with van der Waals surface area (Å²) in [6.07, 6.45) is 0. The minimum atomic E-state index is -0.702. The molecule has 0 atom stereocenters. The van der Waals surface area contributed by atoms with E-state index >= 15 is 0 Å². The Bertz CT molecular complexity index is 341. The molecule has 0 saturated carbocycles. The smallest absolute Gasteiger partial charge is 0.208 e. The highest BCUT2D eigenvalue weighted by Crippen LogP contribution is 2.36. The van der Waals surface area contributed by atoms with Crippen molar-refractivity contribution in [2.24, 2.45) is 0 Å². The van der Waals surface area contributed by atoms with E-state index in [1.807, 2.05) is 0 Å². The number of halogens is 2. The summed E-state index contributed by atoms with van der Waals surface area (Å²) in [4.78, 5) is 0. The highest BCUT2D eigenvalue weighted by atomic mass is 35.5. The lowest BCUT2D eigenvalue weighted by atomic mass is 10.2. The first-order valence-corrected chi connectivity index (χ1v) is 4.23. The van der Waals surface area contributed by atoms with Crippen LogP contribution in [0.4, 0.5) is 4.39 Å². The molecule has 78 valence electrons. The van der Waals surface area contributed by atoms with E-state index in [4.69, 9.17) is 26.2 Å². The van der Waals surface area contributed by atoms with Crippen LogP contribution in [0.25, 0.3) is 0 Å². The Morgan fingerprint density at radius 1 is 1.36 bits per heavy atom. The molecule has 0 saturated heterocycles. The maximum Gasteiger partial charge on any atom is 0.208 e. The summed E-state index contributed by atoms with van der Waals surface area (Å²) in [5.74, 6) is -0.832. The Hall–Kier alpha value is -1.00. The van der Waals surface area contributed by atoms with Gasteiger partial charge >= 0.3 is 0 Å². The predicted octanol–water partition coefficient (Wildman–Crippen LogP) is 1.99. The van der Waals surface area contributed by atoms with E-state index < -0.39 is 5.82 Å². The molecule has 0 unspecified atom stereocenters. The van der Waals surface area contributed by atoms with Gasteiger partial charge < -0.3 is 14.6 Å². The van der Waals surface area contributed by atoms with Crippen LogP contribution in [0, 0.1) is 5.82 Å². The second-order valence-corrected chi connectivity index (χ2v) is 2.96. The van der Waals surface area contributed by atoms with Gasteiger partial charge in [0.15, 0.2) is 11.5 Å². The summed E-state index contributed by atoms with van der Waals surface area (Å²) < 4.78 is 23.1. The van der Waals surface area contributed by atoms with Crippen molar-refractivity contribution in [3.8, 4) is 11.5 Å². The molecule has 1 N–H and O–H groups in total. The van der Waals surface area contributed by atoms with Crippen LogP contribution in [-0.4, -0.2) is 19.3 Å². The average molecular weight is 221 g/mol. The van der Waals surface area contributed by atoms with E-state index in [1.54, 1.807) is 0 Å².